The Morgan fingerprint density at radius 1 is 0.789 bits per heavy atom. The van der Waals surface area contributed by atoms with E-state index >= 15 is 0 Å². The summed E-state index contributed by atoms with van der Waals surface area (Å²) in [6.07, 6.45) is 6.73. The van der Waals surface area contributed by atoms with Gasteiger partial charge in [-0.15, -0.1) is 0 Å². The van der Waals surface area contributed by atoms with Crippen molar-refractivity contribution in [3.8, 4) is 0 Å². The maximum Gasteiger partial charge on any atom is 0.187 e. The standard InChI is InChI=1S/C15H32O2Si2/c1-13-14(11-9-8-10-12-14)15(13,16-18(2,3)4)17-19(5,6)7/h13H,8-12H2,1-7H3. The van der Waals surface area contributed by atoms with Gasteiger partial charge in [-0.3, -0.25) is 0 Å². The van der Waals surface area contributed by atoms with Crippen molar-refractivity contribution in [2.45, 2.75) is 84.1 Å². The van der Waals surface area contributed by atoms with Crippen LogP contribution in [0.25, 0.3) is 0 Å². The smallest absolute Gasteiger partial charge is 0.187 e. The van der Waals surface area contributed by atoms with Crippen molar-refractivity contribution in [3.05, 3.63) is 0 Å². The van der Waals surface area contributed by atoms with Gasteiger partial charge in [0.2, 0.25) is 0 Å². The van der Waals surface area contributed by atoms with E-state index in [2.05, 4.69) is 46.2 Å². The lowest BCUT2D eigenvalue weighted by molar-refractivity contribution is -0.0838. The second-order valence-electron chi connectivity index (χ2n) is 8.53. The second kappa shape index (κ2) is 4.68. The molecule has 1 spiro atoms. The van der Waals surface area contributed by atoms with Crippen molar-refractivity contribution < 1.29 is 8.85 Å². The van der Waals surface area contributed by atoms with Crippen LogP contribution in [0.1, 0.15) is 39.0 Å². The molecular formula is C15H32O2Si2. The quantitative estimate of drug-likeness (QED) is 0.538. The fourth-order valence-corrected chi connectivity index (χ4v) is 6.75. The minimum absolute atomic E-state index is 0.234. The van der Waals surface area contributed by atoms with Crippen molar-refractivity contribution in [1.82, 2.24) is 0 Å². The molecule has 0 aromatic carbocycles. The first kappa shape index (κ1) is 15.7. The molecule has 0 bridgehead atoms. The van der Waals surface area contributed by atoms with Gasteiger partial charge in [0, 0.05) is 11.3 Å². The lowest BCUT2D eigenvalue weighted by atomic mass is 9.84. The molecule has 2 fully saturated rings. The maximum absolute atomic E-state index is 6.67. The Hall–Kier alpha value is 0.354. The predicted molar refractivity (Wildman–Crippen MR) is 86.3 cm³/mol. The topological polar surface area (TPSA) is 18.5 Å². The largest absolute Gasteiger partial charge is 0.391 e. The number of hydrogen-bond acceptors (Lipinski definition) is 2. The van der Waals surface area contributed by atoms with Gasteiger partial charge in [-0.1, -0.05) is 26.2 Å². The Morgan fingerprint density at radius 2 is 1.21 bits per heavy atom. The van der Waals surface area contributed by atoms with E-state index in [-0.39, 0.29) is 5.79 Å². The molecule has 0 radical (unpaired) electrons. The average molecular weight is 301 g/mol. The van der Waals surface area contributed by atoms with Crippen LogP contribution in [-0.4, -0.2) is 22.4 Å². The summed E-state index contributed by atoms with van der Waals surface area (Å²) in [5.41, 5.74) is 0.339. The Kier molecular flexibility index (Phi) is 3.88. The molecule has 112 valence electrons. The van der Waals surface area contributed by atoms with Gasteiger partial charge in [-0.05, 0) is 52.1 Å². The fraction of sp³-hybridized carbons (Fsp3) is 1.00. The van der Waals surface area contributed by atoms with E-state index in [1.54, 1.807) is 0 Å². The van der Waals surface area contributed by atoms with Gasteiger partial charge in [-0.25, -0.2) is 0 Å². The summed E-state index contributed by atoms with van der Waals surface area (Å²) in [5, 5.41) is 0. The summed E-state index contributed by atoms with van der Waals surface area (Å²) in [4.78, 5) is 0. The second-order valence-corrected chi connectivity index (χ2v) is 17.4. The third-order valence-electron chi connectivity index (χ3n) is 4.67. The first-order valence-corrected chi connectivity index (χ1v) is 14.7. The summed E-state index contributed by atoms with van der Waals surface area (Å²) in [7, 11) is -3.17. The average Bonchev–Trinajstić information content (AvgIpc) is 2.63. The zero-order valence-electron chi connectivity index (χ0n) is 13.9. The Morgan fingerprint density at radius 3 is 1.58 bits per heavy atom. The van der Waals surface area contributed by atoms with Gasteiger partial charge < -0.3 is 8.85 Å². The van der Waals surface area contributed by atoms with Crippen LogP contribution in [0.15, 0.2) is 0 Å². The first-order valence-electron chi connectivity index (χ1n) is 7.93. The summed E-state index contributed by atoms with van der Waals surface area (Å²) < 4.78 is 13.3. The van der Waals surface area contributed by atoms with Gasteiger partial charge in [0.1, 0.15) is 0 Å². The minimum atomic E-state index is -1.58. The van der Waals surface area contributed by atoms with Crippen LogP contribution in [-0.2, 0) is 8.85 Å². The molecule has 2 rings (SSSR count). The summed E-state index contributed by atoms with van der Waals surface area (Å²) >= 11 is 0. The van der Waals surface area contributed by atoms with Crippen molar-refractivity contribution in [3.63, 3.8) is 0 Å². The van der Waals surface area contributed by atoms with Gasteiger partial charge in [0.05, 0.1) is 0 Å². The molecule has 0 aromatic heterocycles. The van der Waals surface area contributed by atoms with E-state index < -0.39 is 16.6 Å². The monoisotopic (exact) mass is 300 g/mol. The van der Waals surface area contributed by atoms with Crippen molar-refractivity contribution >= 4 is 16.6 Å². The van der Waals surface area contributed by atoms with Crippen molar-refractivity contribution in [2.75, 3.05) is 0 Å². The van der Waals surface area contributed by atoms with Crippen molar-refractivity contribution in [2.24, 2.45) is 11.3 Å². The summed E-state index contributed by atoms with van der Waals surface area (Å²) in [6.45, 7) is 16.1. The first-order chi connectivity index (χ1) is 8.53. The Balaban J connectivity index is 2.26. The predicted octanol–water partition coefficient (Wildman–Crippen LogP) is 4.99. The zero-order valence-corrected chi connectivity index (χ0v) is 15.9. The van der Waals surface area contributed by atoms with Gasteiger partial charge >= 0.3 is 0 Å². The molecule has 1 atom stereocenters. The molecule has 0 heterocycles. The molecule has 0 aromatic rings. The van der Waals surface area contributed by atoms with Crippen LogP contribution in [0.5, 0.6) is 0 Å². The highest BCUT2D eigenvalue weighted by atomic mass is 28.4. The fourth-order valence-electron chi connectivity index (χ4n) is 4.01. The van der Waals surface area contributed by atoms with Crippen LogP contribution in [0.3, 0.4) is 0 Å². The van der Waals surface area contributed by atoms with E-state index in [1.807, 2.05) is 0 Å². The van der Waals surface area contributed by atoms with E-state index in [0.717, 1.165) is 0 Å². The maximum atomic E-state index is 6.67. The lowest BCUT2D eigenvalue weighted by Gasteiger charge is -2.37. The van der Waals surface area contributed by atoms with Gasteiger partial charge in [0.15, 0.2) is 22.4 Å². The molecule has 2 aliphatic rings. The van der Waals surface area contributed by atoms with Crippen LogP contribution in [0.4, 0.5) is 0 Å². The van der Waals surface area contributed by atoms with E-state index in [4.69, 9.17) is 8.85 Å². The molecule has 2 saturated carbocycles. The molecule has 0 amide bonds. The van der Waals surface area contributed by atoms with Gasteiger partial charge in [0.25, 0.3) is 0 Å². The highest BCUT2D eigenvalue weighted by Gasteiger charge is 2.77. The SMILES string of the molecule is CC1C2(CCCCC2)C1(O[Si](C)(C)C)O[Si](C)(C)C. The van der Waals surface area contributed by atoms with E-state index in [9.17, 15) is 0 Å². The molecule has 4 heteroatoms. The molecule has 2 aliphatic carbocycles. The highest BCUT2D eigenvalue weighted by Crippen LogP contribution is 2.72. The molecule has 0 saturated heterocycles. The highest BCUT2D eigenvalue weighted by molar-refractivity contribution is 6.71. The lowest BCUT2D eigenvalue weighted by Crippen LogP contribution is -2.45. The normalized spacial score (nSPS) is 29.5. The van der Waals surface area contributed by atoms with Crippen LogP contribution < -0.4 is 0 Å². The molecular weight excluding hydrogens is 268 g/mol. The third kappa shape index (κ3) is 2.87. The summed E-state index contributed by atoms with van der Waals surface area (Å²) in [6, 6.07) is 0. The molecule has 1 unspecified atom stereocenters. The molecule has 0 N–H and O–H groups in total. The third-order valence-corrected chi connectivity index (χ3v) is 6.50. The molecule has 2 nitrogen and oxygen atoms in total. The van der Waals surface area contributed by atoms with E-state index in [1.165, 1.54) is 32.1 Å². The zero-order chi connectivity index (χ0) is 14.5. The van der Waals surface area contributed by atoms with Gasteiger partial charge in [-0.2, -0.15) is 0 Å². The Bertz CT molecular complexity index is 319. The number of hydrogen-bond donors (Lipinski definition) is 0. The molecule has 19 heavy (non-hydrogen) atoms. The minimum Gasteiger partial charge on any atom is -0.391 e. The number of rotatable bonds is 4. The van der Waals surface area contributed by atoms with Crippen LogP contribution in [0, 0.1) is 11.3 Å². The molecule has 0 aliphatic heterocycles. The Labute approximate surface area is 121 Å². The van der Waals surface area contributed by atoms with Crippen LogP contribution in [0.2, 0.25) is 39.3 Å². The van der Waals surface area contributed by atoms with Crippen molar-refractivity contribution in [1.29, 1.82) is 0 Å². The van der Waals surface area contributed by atoms with E-state index in [0.29, 0.717) is 11.3 Å². The summed E-state index contributed by atoms with van der Waals surface area (Å²) in [5.74, 6) is 0.348. The van der Waals surface area contributed by atoms with Crippen LogP contribution >= 0.6 is 0 Å².